The Bertz CT molecular complexity index is 504. The molecule has 1 aliphatic rings. The van der Waals surface area contributed by atoms with E-state index in [4.69, 9.17) is 10.00 Å². The number of hydrogen-bond donors (Lipinski definition) is 1. The fourth-order valence-electron chi connectivity index (χ4n) is 2.70. The Hall–Kier alpha value is -1.89. The lowest BCUT2D eigenvalue weighted by molar-refractivity contribution is 0.0573. The second-order valence-electron chi connectivity index (χ2n) is 5.33. The minimum Gasteiger partial charge on any atom is -0.508 e. The summed E-state index contributed by atoms with van der Waals surface area (Å²) in [6, 6.07) is 7.43. The summed E-state index contributed by atoms with van der Waals surface area (Å²) in [5.41, 5.74) is 0.761. The van der Waals surface area contributed by atoms with Gasteiger partial charge in [-0.15, -0.1) is 0 Å². The molecule has 108 valence electrons. The van der Waals surface area contributed by atoms with Gasteiger partial charge in [-0.1, -0.05) is 13.8 Å². The summed E-state index contributed by atoms with van der Waals surface area (Å²) in [4.78, 5) is 2.24. The zero-order chi connectivity index (χ0) is 14.6. The van der Waals surface area contributed by atoms with Gasteiger partial charge in [-0.2, -0.15) is 5.26 Å². The van der Waals surface area contributed by atoms with Crippen LogP contribution in [0.5, 0.6) is 11.5 Å². The maximum Gasteiger partial charge on any atom is 0.143 e. The molecule has 4 heteroatoms. The number of hydrogen-bond acceptors (Lipinski definition) is 4. The number of ether oxygens (including phenoxy) is 1. The van der Waals surface area contributed by atoms with Crippen LogP contribution in [0, 0.1) is 11.3 Å². The first-order chi connectivity index (χ1) is 9.64. The molecule has 0 unspecified atom stereocenters. The van der Waals surface area contributed by atoms with Gasteiger partial charge in [0.1, 0.15) is 17.1 Å². The molecule has 0 saturated carbocycles. The number of nitrogens with zero attached hydrogens (tertiary/aromatic N) is 2. The monoisotopic (exact) mass is 274 g/mol. The third kappa shape index (κ3) is 2.82. The number of rotatable bonds is 5. The topological polar surface area (TPSA) is 56.5 Å². The lowest BCUT2D eigenvalue weighted by Gasteiger charge is -2.44. The fraction of sp³-hybridized carbons (Fsp3) is 0.562. The molecule has 1 heterocycles. The normalized spacial score (nSPS) is 16.1. The molecule has 20 heavy (non-hydrogen) atoms. The molecule has 0 aliphatic carbocycles. The van der Waals surface area contributed by atoms with Gasteiger partial charge in [0.2, 0.25) is 0 Å². The number of benzene rings is 1. The Morgan fingerprint density at radius 2 is 2.15 bits per heavy atom. The van der Waals surface area contributed by atoms with Crippen molar-refractivity contribution in [2.24, 2.45) is 0 Å². The Labute approximate surface area is 120 Å². The van der Waals surface area contributed by atoms with E-state index in [9.17, 15) is 5.11 Å². The van der Waals surface area contributed by atoms with Crippen molar-refractivity contribution in [3.05, 3.63) is 18.2 Å². The molecule has 0 saturated heterocycles. The van der Waals surface area contributed by atoms with Gasteiger partial charge in [0, 0.05) is 19.0 Å². The summed E-state index contributed by atoms with van der Waals surface area (Å²) >= 11 is 0. The van der Waals surface area contributed by atoms with E-state index in [0.717, 1.165) is 43.8 Å². The van der Waals surface area contributed by atoms with Crippen molar-refractivity contribution in [3.8, 4) is 17.6 Å². The van der Waals surface area contributed by atoms with Crippen LogP contribution in [-0.4, -0.2) is 23.8 Å². The second-order valence-corrected chi connectivity index (χ2v) is 5.33. The minimum atomic E-state index is -0.170. The molecule has 4 nitrogen and oxygen atoms in total. The predicted octanol–water partition coefficient (Wildman–Crippen LogP) is 3.45. The van der Waals surface area contributed by atoms with Crippen molar-refractivity contribution in [1.82, 2.24) is 0 Å². The van der Waals surface area contributed by atoms with Crippen molar-refractivity contribution in [2.45, 2.75) is 45.1 Å². The van der Waals surface area contributed by atoms with E-state index in [1.165, 1.54) is 0 Å². The number of nitriles is 1. The maximum absolute atomic E-state index is 9.69. The molecule has 1 N–H and O–H groups in total. The third-order valence-corrected chi connectivity index (χ3v) is 4.09. The van der Waals surface area contributed by atoms with Crippen molar-refractivity contribution in [2.75, 3.05) is 18.0 Å². The van der Waals surface area contributed by atoms with E-state index in [-0.39, 0.29) is 11.4 Å². The average Bonchev–Trinajstić information content (AvgIpc) is 2.47. The minimum absolute atomic E-state index is 0.170. The van der Waals surface area contributed by atoms with Crippen molar-refractivity contribution in [3.63, 3.8) is 0 Å². The third-order valence-electron chi connectivity index (χ3n) is 4.09. The van der Waals surface area contributed by atoms with Crippen molar-refractivity contribution >= 4 is 5.69 Å². The number of unbranched alkanes of at least 4 members (excludes halogenated alkanes) is 1. The van der Waals surface area contributed by atoms with Crippen LogP contribution in [0.1, 0.15) is 39.5 Å². The highest BCUT2D eigenvalue weighted by Gasteiger charge is 2.36. The zero-order valence-corrected chi connectivity index (χ0v) is 12.2. The summed E-state index contributed by atoms with van der Waals surface area (Å²) in [5, 5.41) is 18.4. The first kappa shape index (κ1) is 14.5. The summed E-state index contributed by atoms with van der Waals surface area (Å²) < 4.78 is 6.19. The molecule has 0 aromatic heterocycles. The standard InChI is InChI=1S/C16H22N2O2/c1-3-16(4-2)12-18(10-6-5-9-17)14-11-13(19)7-8-15(14)20-16/h7-8,11,19H,3-6,10,12H2,1-2H3. The largest absolute Gasteiger partial charge is 0.508 e. The molecule has 0 radical (unpaired) electrons. The highest BCUT2D eigenvalue weighted by atomic mass is 16.5. The molecule has 1 aromatic rings. The van der Waals surface area contributed by atoms with E-state index in [2.05, 4.69) is 24.8 Å². The van der Waals surface area contributed by atoms with Crippen LogP contribution in [0.25, 0.3) is 0 Å². The number of aromatic hydroxyl groups is 1. The van der Waals surface area contributed by atoms with Gasteiger partial charge in [-0.3, -0.25) is 0 Å². The van der Waals surface area contributed by atoms with Gasteiger partial charge in [0.05, 0.1) is 18.3 Å². The molecule has 0 bridgehead atoms. The lowest BCUT2D eigenvalue weighted by atomic mass is 9.93. The van der Waals surface area contributed by atoms with E-state index in [1.54, 1.807) is 12.1 Å². The highest BCUT2D eigenvalue weighted by molar-refractivity contribution is 5.63. The highest BCUT2D eigenvalue weighted by Crippen LogP contribution is 2.41. The predicted molar refractivity (Wildman–Crippen MR) is 79.1 cm³/mol. The molecular formula is C16H22N2O2. The fourth-order valence-corrected chi connectivity index (χ4v) is 2.70. The quantitative estimate of drug-likeness (QED) is 0.835. The smallest absolute Gasteiger partial charge is 0.143 e. The number of fused-ring (bicyclic) bond motifs is 1. The summed E-state index contributed by atoms with van der Waals surface area (Å²) in [6.45, 7) is 5.90. The van der Waals surface area contributed by atoms with Crippen LogP contribution in [0.4, 0.5) is 5.69 Å². The molecule has 2 rings (SSSR count). The molecule has 0 spiro atoms. The maximum atomic E-state index is 9.69. The van der Waals surface area contributed by atoms with Gasteiger partial charge in [-0.05, 0) is 31.4 Å². The van der Waals surface area contributed by atoms with Crippen LogP contribution in [-0.2, 0) is 0 Å². The first-order valence-electron chi connectivity index (χ1n) is 7.28. The van der Waals surface area contributed by atoms with Gasteiger partial charge in [0.15, 0.2) is 0 Å². The van der Waals surface area contributed by atoms with Crippen LogP contribution in [0.15, 0.2) is 18.2 Å². The summed E-state index contributed by atoms with van der Waals surface area (Å²) in [7, 11) is 0. The molecule has 0 atom stereocenters. The zero-order valence-electron chi connectivity index (χ0n) is 12.2. The summed E-state index contributed by atoms with van der Waals surface area (Å²) in [5.74, 6) is 1.08. The SMILES string of the molecule is CCC1(CC)CN(CCCC#N)c2cc(O)ccc2O1. The van der Waals surface area contributed by atoms with Crippen molar-refractivity contribution in [1.29, 1.82) is 5.26 Å². The molecule has 0 amide bonds. The van der Waals surface area contributed by atoms with Crippen LogP contribution in [0.2, 0.25) is 0 Å². The van der Waals surface area contributed by atoms with Crippen LogP contribution < -0.4 is 9.64 Å². The molecule has 1 aliphatic heterocycles. The molecule has 0 fully saturated rings. The second kappa shape index (κ2) is 6.04. The van der Waals surface area contributed by atoms with Crippen LogP contribution >= 0.6 is 0 Å². The van der Waals surface area contributed by atoms with Crippen molar-refractivity contribution < 1.29 is 9.84 Å². The number of anilines is 1. The van der Waals surface area contributed by atoms with Gasteiger partial charge < -0.3 is 14.7 Å². The Kier molecular flexibility index (Phi) is 4.39. The Morgan fingerprint density at radius 1 is 1.40 bits per heavy atom. The lowest BCUT2D eigenvalue weighted by Crippen LogP contribution is -2.50. The Balaban J connectivity index is 2.29. The van der Waals surface area contributed by atoms with Gasteiger partial charge >= 0.3 is 0 Å². The molecule has 1 aromatic carbocycles. The summed E-state index contributed by atoms with van der Waals surface area (Å²) in [6.07, 6.45) is 3.27. The first-order valence-corrected chi connectivity index (χ1v) is 7.28. The van der Waals surface area contributed by atoms with E-state index in [0.29, 0.717) is 6.42 Å². The van der Waals surface area contributed by atoms with E-state index >= 15 is 0 Å². The molecular weight excluding hydrogens is 252 g/mol. The van der Waals surface area contributed by atoms with Gasteiger partial charge in [-0.25, -0.2) is 0 Å². The van der Waals surface area contributed by atoms with E-state index < -0.39 is 0 Å². The Morgan fingerprint density at radius 3 is 2.80 bits per heavy atom. The average molecular weight is 274 g/mol. The van der Waals surface area contributed by atoms with E-state index in [1.807, 2.05) is 6.07 Å². The van der Waals surface area contributed by atoms with Gasteiger partial charge in [0.25, 0.3) is 0 Å². The number of phenolic OH excluding ortho intramolecular Hbond substituents is 1. The van der Waals surface area contributed by atoms with Crippen LogP contribution in [0.3, 0.4) is 0 Å². The number of phenols is 1.